The summed E-state index contributed by atoms with van der Waals surface area (Å²) in [5, 5.41) is 8.76. The van der Waals surface area contributed by atoms with Crippen LogP contribution in [0.3, 0.4) is 0 Å². The molecule has 29 heavy (non-hydrogen) atoms. The van der Waals surface area contributed by atoms with Crippen molar-refractivity contribution in [2.75, 3.05) is 32.5 Å². The van der Waals surface area contributed by atoms with Crippen LogP contribution in [0.25, 0.3) is 0 Å². The molecule has 3 N–H and O–H groups in total. The van der Waals surface area contributed by atoms with Crippen LogP contribution in [0.2, 0.25) is 10.0 Å². The maximum atomic E-state index is 12.8. The summed E-state index contributed by atoms with van der Waals surface area (Å²) in [5.41, 5.74) is 1.32. The van der Waals surface area contributed by atoms with Crippen LogP contribution in [-0.2, 0) is 16.6 Å². The first-order valence-corrected chi connectivity index (χ1v) is 11.1. The minimum absolute atomic E-state index is 0.0193. The summed E-state index contributed by atoms with van der Waals surface area (Å²) < 4.78 is 22.7. The highest BCUT2D eigenvalue weighted by atomic mass is 35.5. The average Bonchev–Trinajstić information content (AvgIpc) is 2.63. The monoisotopic (exact) mass is 458 g/mol. The van der Waals surface area contributed by atoms with Gasteiger partial charge < -0.3 is 15.1 Å². The third-order valence-corrected chi connectivity index (χ3v) is 5.78. The highest BCUT2D eigenvalue weighted by Gasteiger charge is 2.16. The Hall–Kier alpha value is -1.84. The van der Waals surface area contributed by atoms with E-state index < -0.39 is 10.0 Å². The van der Waals surface area contributed by atoms with Crippen molar-refractivity contribution in [1.29, 1.82) is 0 Å². The Balaban J connectivity index is 2.13. The average molecular weight is 459 g/mol. The topological polar surface area (TPSA) is 95.7 Å². The van der Waals surface area contributed by atoms with Crippen molar-refractivity contribution >= 4 is 44.9 Å². The maximum absolute atomic E-state index is 12.8. The van der Waals surface area contributed by atoms with Gasteiger partial charge in [-0.25, -0.2) is 18.4 Å². The van der Waals surface area contributed by atoms with Crippen molar-refractivity contribution < 1.29 is 13.2 Å². The molecule has 158 valence electrons. The molecule has 2 rings (SSSR count). The van der Waals surface area contributed by atoms with Crippen LogP contribution in [0.1, 0.15) is 12.0 Å². The summed E-state index contributed by atoms with van der Waals surface area (Å²) in [5.74, 6) is 0. The molecule has 0 aromatic heterocycles. The van der Waals surface area contributed by atoms with Crippen molar-refractivity contribution in [3.8, 4) is 0 Å². The fourth-order valence-electron chi connectivity index (χ4n) is 2.62. The summed E-state index contributed by atoms with van der Waals surface area (Å²) in [4.78, 5) is 16.5. The minimum Gasteiger partial charge on any atom is -0.320 e. The molecule has 0 heterocycles. The van der Waals surface area contributed by atoms with E-state index in [1.807, 2.05) is 25.1 Å². The van der Waals surface area contributed by atoms with Gasteiger partial charge in [0.05, 0.1) is 14.9 Å². The van der Waals surface area contributed by atoms with Crippen LogP contribution < -0.4 is 10.5 Å². The Bertz CT molecular complexity index is 950. The number of primary sulfonamides is 1. The normalized spacial score (nSPS) is 11.5. The number of amides is 2. The van der Waals surface area contributed by atoms with Crippen molar-refractivity contribution in [3.05, 3.63) is 58.1 Å². The molecule has 0 radical (unpaired) electrons. The molecule has 0 aliphatic rings. The number of benzene rings is 2. The number of nitrogens with zero attached hydrogens (tertiary/aromatic N) is 2. The Morgan fingerprint density at radius 1 is 1.03 bits per heavy atom. The molecule has 0 aliphatic heterocycles. The van der Waals surface area contributed by atoms with E-state index in [9.17, 15) is 13.2 Å². The van der Waals surface area contributed by atoms with Crippen LogP contribution in [0.4, 0.5) is 10.5 Å². The number of nitrogens with one attached hydrogen (secondary N) is 1. The first-order valence-electron chi connectivity index (χ1n) is 8.83. The van der Waals surface area contributed by atoms with Crippen LogP contribution >= 0.6 is 23.2 Å². The number of rotatable bonds is 8. The van der Waals surface area contributed by atoms with Gasteiger partial charge in [0.15, 0.2) is 0 Å². The number of hydrogen-bond donors (Lipinski definition) is 2. The fourth-order valence-corrected chi connectivity index (χ4v) is 3.46. The molecule has 2 aromatic rings. The molecule has 2 amide bonds. The van der Waals surface area contributed by atoms with Gasteiger partial charge >= 0.3 is 6.03 Å². The minimum atomic E-state index is -3.78. The van der Waals surface area contributed by atoms with Gasteiger partial charge in [0.25, 0.3) is 0 Å². The molecule has 0 aliphatic carbocycles. The smallest absolute Gasteiger partial charge is 0.320 e. The first kappa shape index (κ1) is 23.4. The quantitative estimate of drug-likeness (QED) is 0.630. The third kappa shape index (κ3) is 7.49. The van der Waals surface area contributed by atoms with E-state index in [-0.39, 0.29) is 10.9 Å². The van der Waals surface area contributed by atoms with Gasteiger partial charge in [0.1, 0.15) is 0 Å². The number of anilines is 1. The van der Waals surface area contributed by atoms with E-state index >= 15 is 0 Å². The second-order valence-electron chi connectivity index (χ2n) is 6.83. The Kier molecular flexibility index (Phi) is 8.30. The molecule has 2 aromatic carbocycles. The zero-order valence-electron chi connectivity index (χ0n) is 16.2. The number of nitrogens with two attached hydrogens (primary N) is 1. The van der Waals surface area contributed by atoms with Gasteiger partial charge in [-0.05, 0) is 69.0 Å². The van der Waals surface area contributed by atoms with Crippen molar-refractivity contribution in [2.45, 2.75) is 17.9 Å². The van der Waals surface area contributed by atoms with E-state index in [1.165, 1.54) is 24.3 Å². The largest absolute Gasteiger partial charge is 0.322 e. The standard InChI is InChI=1S/C19H24Cl2N4O3S/c1-24(2)10-3-11-25(13-14-4-9-17(20)18(21)12-14)19(26)23-15-5-7-16(8-6-15)29(22,27)28/h4-9,12H,3,10-11,13H2,1-2H3,(H,23,26)(H2,22,27,28). The fraction of sp³-hybridized carbons (Fsp3) is 0.316. The van der Waals surface area contributed by atoms with E-state index in [2.05, 4.69) is 5.32 Å². The number of sulfonamides is 1. The Morgan fingerprint density at radius 3 is 2.24 bits per heavy atom. The van der Waals surface area contributed by atoms with Gasteiger partial charge in [-0.3, -0.25) is 0 Å². The molecule has 7 nitrogen and oxygen atoms in total. The van der Waals surface area contributed by atoms with Gasteiger partial charge in [-0.2, -0.15) is 0 Å². The molecule has 0 saturated heterocycles. The number of carbonyl (C=O) groups excluding carboxylic acids is 1. The molecular weight excluding hydrogens is 435 g/mol. The number of carbonyl (C=O) groups is 1. The van der Waals surface area contributed by atoms with E-state index in [4.69, 9.17) is 28.3 Å². The van der Waals surface area contributed by atoms with E-state index in [0.29, 0.717) is 28.8 Å². The van der Waals surface area contributed by atoms with Crippen LogP contribution in [0, 0.1) is 0 Å². The van der Waals surface area contributed by atoms with E-state index in [0.717, 1.165) is 18.5 Å². The molecule has 0 unspecified atom stereocenters. The highest BCUT2D eigenvalue weighted by Crippen LogP contribution is 2.23. The summed E-state index contributed by atoms with van der Waals surface area (Å²) in [6.07, 6.45) is 0.784. The Labute approximate surface area is 181 Å². The summed E-state index contributed by atoms with van der Waals surface area (Å²) in [6.45, 7) is 1.71. The van der Waals surface area contributed by atoms with Gasteiger partial charge in [-0.1, -0.05) is 29.3 Å². The predicted molar refractivity (Wildman–Crippen MR) is 117 cm³/mol. The second-order valence-corrected chi connectivity index (χ2v) is 9.20. The molecule has 0 atom stereocenters. The zero-order valence-corrected chi connectivity index (χ0v) is 18.6. The summed E-state index contributed by atoms with van der Waals surface area (Å²) >= 11 is 12.1. The maximum Gasteiger partial charge on any atom is 0.322 e. The van der Waals surface area contributed by atoms with Crippen LogP contribution in [-0.4, -0.2) is 51.4 Å². The van der Waals surface area contributed by atoms with Gasteiger partial charge in [0, 0.05) is 18.8 Å². The van der Waals surface area contributed by atoms with Gasteiger partial charge in [-0.15, -0.1) is 0 Å². The second kappa shape index (κ2) is 10.3. The lowest BCUT2D eigenvalue weighted by Gasteiger charge is -2.24. The lowest BCUT2D eigenvalue weighted by molar-refractivity contribution is 0.205. The molecule has 0 saturated carbocycles. The molecular formula is C19H24Cl2N4O3S. The lowest BCUT2D eigenvalue weighted by Crippen LogP contribution is -2.36. The molecule has 10 heteroatoms. The number of urea groups is 1. The first-order chi connectivity index (χ1) is 13.6. The lowest BCUT2D eigenvalue weighted by atomic mass is 10.2. The van der Waals surface area contributed by atoms with Crippen molar-refractivity contribution in [1.82, 2.24) is 9.80 Å². The zero-order chi connectivity index (χ0) is 21.6. The van der Waals surface area contributed by atoms with Gasteiger partial charge in [0.2, 0.25) is 10.0 Å². The molecule has 0 spiro atoms. The van der Waals surface area contributed by atoms with E-state index in [1.54, 1.807) is 17.0 Å². The summed E-state index contributed by atoms with van der Waals surface area (Å²) in [6, 6.07) is 10.6. The number of halogens is 2. The Morgan fingerprint density at radius 2 is 1.69 bits per heavy atom. The molecule has 0 fully saturated rings. The summed E-state index contributed by atoms with van der Waals surface area (Å²) in [7, 11) is 0.153. The number of hydrogen-bond acceptors (Lipinski definition) is 4. The predicted octanol–water partition coefficient (Wildman–Crippen LogP) is 3.63. The highest BCUT2D eigenvalue weighted by molar-refractivity contribution is 7.89. The van der Waals surface area contributed by atoms with Crippen LogP contribution in [0.5, 0.6) is 0 Å². The van der Waals surface area contributed by atoms with Crippen molar-refractivity contribution in [3.63, 3.8) is 0 Å². The van der Waals surface area contributed by atoms with Crippen molar-refractivity contribution in [2.24, 2.45) is 5.14 Å². The molecule has 0 bridgehead atoms. The third-order valence-electron chi connectivity index (χ3n) is 4.11. The van der Waals surface area contributed by atoms with Crippen LogP contribution in [0.15, 0.2) is 47.4 Å². The SMILES string of the molecule is CN(C)CCCN(Cc1ccc(Cl)c(Cl)c1)C(=O)Nc1ccc(S(N)(=O)=O)cc1.